The van der Waals surface area contributed by atoms with Gasteiger partial charge >= 0.3 is 0 Å². The molecule has 0 aliphatic heterocycles. The molecule has 4 aromatic rings. The smallest absolute Gasteiger partial charge is 0.281 e. The number of hydrazine groups is 1. The average molecular weight is 556 g/mol. The number of aromatic nitrogens is 2. The van der Waals surface area contributed by atoms with E-state index in [9.17, 15) is 13.0 Å². The van der Waals surface area contributed by atoms with Gasteiger partial charge in [0.05, 0.1) is 28.7 Å². The first-order valence-corrected chi connectivity index (χ1v) is 13.6. The van der Waals surface area contributed by atoms with Gasteiger partial charge in [-0.15, -0.1) is 0 Å². The summed E-state index contributed by atoms with van der Waals surface area (Å²) >= 11 is 6.02. The Bertz CT molecular complexity index is 1490. The number of halogens is 3. The lowest BCUT2D eigenvalue weighted by atomic mass is 9.99. The largest absolute Gasteiger partial charge is 0.403 e. The van der Waals surface area contributed by atoms with Crippen LogP contribution >= 0.6 is 11.6 Å². The van der Waals surface area contributed by atoms with E-state index in [2.05, 4.69) is 4.98 Å². The Kier molecular flexibility index (Phi) is 8.61. The predicted octanol–water partition coefficient (Wildman–Crippen LogP) is 6.20. The van der Waals surface area contributed by atoms with E-state index in [1.807, 2.05) is 61.5 Å². The van der Waals surface area contributed by atoms with Crippen LogP contribution in [0, 0.1) is 6.92 Å². The van der Waals surface area contributed by atoms with Crippen molar-refractivity contribution >= 4 is 28.1 Å². The molecule has 3 aromatic carbocycles. The van der Waals surface area contributed by atoms with Crippen LogP contribution in [0.15, 0.2) is 84.0 Å². The second-order valence-electron chi connectivity index (χ2n) is 8.58. The highest BCUT2D eigenvalue weighted by molar-refractivity contribution is 7.85. The second-order valence-corrected chi connectivity index (χ2v) is 10.8. The van der Waals surface area contributed by atoms with E-state index in [1.165, 1.54) is 17.4 Å². The van der Waals surface area contributed by atoms with Crippen molar-refractivity contribution in [3.63, 3.8) is 0 Å². The van der Waals surface area contributed by atoms with Gasteiger partial charge in [0, 0.05) is 33.6 Å². The third kappa shape index (κ3) is 5.96. The minimum atomic E-state index is -2.71. The summed E-state index contributed by atoms with van der Waals surface area (Å²) in [5, 5.41) is 2.10. The fraction of sp³-hybridized carbons (Fsp3) is 0.179. The number of imidazole rings is 1. The van der Waals surface area contributed by atoms with Crippen molar-refractivity contribution in [3.05, 3.63) is 107 Å². The number of benzene rings is 3. The van der Waals surface area contributed by atoms with Gasteiger partial charge in [-0.1, -0.05) is 48.9 Å². The van der Waals surface area contributed by atoms with E-state index in [1.54, 1.807) is 23.6 Å². The number of nitrogens with zero attached hydrogens (tertiary/aromatic N) is 3. The molecular formula is C28H28ClF2N5OS. The highest BCUT2D eigenvalue weighted by Crippen LogP contribution is 2.33. The Labute approximate surface area is 228 Å². The lowest BCUT2D eigenvalue weighted by molar-refractivity contribution is 0.146. The van der Waals surface area contributed by atoms with E-state index in [4.69, 9.17) is 23.2 Å². The van der Waals surface area contributed by atoms with E-state index in [0.29, 0.717) is 40.1 Å². The molecule has 10 heteroatoms. The predicted molar refractivity (Wildman–Crippen MR) is 149 cm³/mol. The molecule has 0 radical (unpaired) electrons. The topological polar surface area (TPSA) is 90.2 Å². The number of alkyl halides is 2. The third-order valence-electron chi connectivity index (χ3n) is 6.08. The first-order chi connectivity index (χ1) is 18.2. The molecule has 1 unspecified atom stereocenters. The molecule has 0 saturated heterocycles. The zero-order valence-electron chi connectivity index (χ0n) is 20.9. The summed E-state index contributed by atoms with van der Waals surface area (Å²) < 4.78 is 40.9. The lowest BCUT2D eigenvalue weighted by Gasteiger charge is -2.25. The van der Waals surface area contributed by atoms with Gasteiger partial charge in [-0.3, -0.25) is 4.21 Å². The summed E-state index contributed by atoms with van der Waals surface area (Å²) in [6.45, 7) is 3.85. The average Bonchev–Trinajstić information content (AvgIpc) is 3.31. The molecule has 1 aromatic heterocycles. The molecule has 0 aliphatic carbocycles. The Hall–Kier alpha value is -3.53. The highest BCUT2D eigenvalue weighted by Gasteiger charge is 2.20. The maximum atomic E-state index is 13.4. The SMILES string of the molecule is CCS(=O)c1cccc(-c2ccc(-n3cc(C(F)F)nc3C)c(/C(=C/N)N(N)Cc3ccc(Cl)cc3)c2)c1. The molecule has 0 bridgehead atoms. The minimum absolute atomic E-state index is 0.319. The van der Waals surface area contributed by atoms with Crippen molar-refractivity contribution in [2.45, 2.75) is 31.7 Å². The van der Waals surface area contributed by atoms with Crippen molar-refractivity contribution in [1.82, 2.24) is 14.6 Å². The zero-order valence-corrected chi connectivity index (χ0v) is 22.5. The molecule has 0 amide bonds. The summed E-state index contributed by atoms with van der Waals surface area (Å²) in [5.41, 5.74) is 10.0. The van der Waals surface area contributed by atoms with Gasteiger partial charge in [0.15, 0.2) is 0 Å². The van der Waals surface area contributed by atoms with Gasteiger partial charge in [-0.25, -0.2) is 19.6 Å². The van der Waals surface area contributed by atoms with E-state index in [-0.39, 0.29) is 5.69 Å². The molecule has 0 saturated carbocycles. The Morgan fingerprint density at radius 1 is 1.13 bits per heavy atom. The highest BCUT2D eigenvalue weighted by atomic mass is 35.5. The molecule has 0 fully saturated rings. The zero-order chi connectivity index (χ0) is 27.4. The maximum Gasteiger partial charge on any atom is 0.281 e. The molecule has 198 valence electrons. The van der Waals surface area contributed by atoms with Crippen molar-refractivity contribution in [2.75, 3.05) is 5.75 Å². The van der Waals surface area contributed by atoms with Crippen LogP contribution in [0.2, 0.25) is 5.02 Å². The number of hydrogen-bond acceptors (Lipinski definition) is 5. The van der Waals surface area contributed by atoms with Gasteiger partial charge in [0.2, 0.25) is 0 Å². The minimum Gasteiger partial charge on any atom is -0.403 e. The summed E-state index contributed by atoms with van der Waals surface area (Å²) in [5.74, 6) is 7.41. The first kappa shape index (κ1) is 27.5. The van der Waals surface area contributed by atoms with Crippen molar-refractivity contribution in [3.8, 4) is 16.8 Å². The number of nitrogens with two attached hydrogens (primary N) is 2. The number of rotatable bonds is 9. The molecule has 0 spiro atoms. The fourth-order valence-electron chi connectivity index (χ4n) is 4.17. The summed E-state index contributed by atoms with van der Waals surface area (Å²) in [6, 6.07) is 20.4. The van der Waals surface area contributed by atoms with Crippen LogP contribution in [-0.2, 0) is 17.3 Å². The first-order valence-electron chi connectivity index (χ1n) is 11.9. The third-order valence-corrected chi connectivity index (χ3v) is 7.64. The van der Waals surface area contributed by atoms with Gasteiger partial charge < -0.3 is 15.3 Å². The number of hydrogen-bond donors (Lipinski definition) is 2. The van der Waals surface area contributed by atoms with Crippen molar-refractivity contribution < 1.29 is 13.0 Å². The molecule has 1 heterocycles. The molecule has 6 nitrogen and oxygen atoms in total. The summed E-state index contributed by atoms with van der Waals surface area (Å²) in [7, 11) is -1.11. The van der Waals surface area contributed by atoms with Crippen LogP contribution in [0.4, 0.5) is 8.78 Å². The van der Waals surface area contributed by atoms with Crippen LogP contribution in [0.5, 0.6) is 0 Å². The molecule has 1 atom stereocenters. The van der Waals surface area contributed by atoms with E-state index in [0.717, 1.165) is 21.6 Å². The van der Waals surface area contributed by atoms with Gasteiger partial charge in [-0.05, 0) is 60.0 Å². The molecule has 0 aliphatic rings. The van der Waals surface area contributed by atoms with Crippen LogP contribution in [0.1, 0.15) is 36.0 Å². The van der Waals surface area contributed by atoms with Crippen LogP contribution < -0.4 is 11.6 Å². The van der Waals surface area contributed by atoms with Crippen LogP contribution in [-0.4, -0.2) is 24.5 Å². The normalized spacial score (nSPS) is 12.7. The lowest BCUT2D eigenvalue weighted by Crippen LogP contribution is -2.30. The van der Waals surface area contributed by atoms with Gasteiger partial charge in [0.25, 0.3) is 6.43 Å². The quantitative estimate of drug-likeness (QED) is 0.190. The van der Waals surface area contributed by atoms with Crippen LogP contribution in [0.25, 0.3) is 22.5 Å². The maximum absolute atomic E-state index is 13.4. The Balaban J connectivity index is 1.84. The standard InChI is InChI=1S/C28H28ClF2N5OS/c1-3-38(37)23-6-4-5-20(13-23)21-9-12-26(35-17-25(28(30)31)34-18(35)2)24(14-21)27(15-32)36(33)16-19-7-10-22(29)11-8-19/h4-15,17,28H,3,16,32-33H2,1-2H3/b27-15-. The van der Waals surface area contributed by atoms with Crippen molar-refractivity contribution in [1.29, 1.82) is 0 Å². The Morgan fingerprint density at radius 2 is 1.84 bits per heavy atom. The van der Waals surface area contributed by atoms with Crippen LogP contribution in [0.3, 0.4) is 0 Å². The summed E-state index contributed by atoms with van der Waals surface area (Å²) in [6.07, 6.45) is -0.000639. The summed E-state index contributed by atoms with van der Waals surface area (Å²) in [4.78, 5) is 4.75. The molecule has 4 rings (SSSR count). The Morgan fingerprint density at radius 3 is 2.47 bits per heavy atom. The second kappa shape index (κ2) is 11.9. The molecule has 4 N–H and O–H groups in total. The van der Waals surface area contributed by atoms with E-state index >= 15 is 0 Å². The molecule has 38 heavy (non-hydrogen) atoms. The van der Waals surface area contributed by atoms with Gasteiger partial charge in [0.1, 0.15) is 11.5 Å². The molecular weight excluding hydrogens is 528 g/mol. The fourth-order valence-corrected chi connectivity index (χ4v) is 5.12. The van der Waals surface area contributed by atoms with Gasteiger partial charge in [-0.2, -0.15) is 0 Å². The van der Waals surface area contributed by atoms with E-state index < -0.39 is 17.2 Å². The van der Waals surface area contributed by atoms with Crippen molar-refractivity contribution in [2.24, 2.45) is 11.6 Å². The number of aryl methyl sites for hydroxylation is 1. The monoisotopic (exact) mass is 555 g/mol.